The molecule has 9 heteroatoms. The minimum atomic E-state index is -0.410. The van der Waals surface area contributed by atoms with Gasteiger partial charge in [0, 0.05) is 53.9 Å². The number of esters is 1. The van der Waals surface area contributed by atoms with Crippen molar-refractivity contribution in [2.24, 2.45) is 5.73 Å². The number of nitrogens with two attached hydrogens (primary N) is 1. The van der Waals surface area contributed by atoms with Gasteiger partial charge in [-0.3, -0.25) is 4.79 Å². The quantitative estimate of drug-likeness (QED) is 0.237. The van der Waals surface area contributed by atoms with Gasteiger partial charge >= 0.3 is 5.97 Å². The Bertz CT molecular complexity index is 1110. The summed E-state index contributed by atoms with van der Waals surface area (Å²) in [6.07, 6.45) is 3.26. The maximum absolute atomic E-state index is 11.6. The molecule has 3 N–H and O–H groups in total. The SMILES string of the molecule is CCOC(=O)c1cc(-c2coc(-c3c[c-]ccc3)n2)c[nH]1.NC(=O)c1c[c-]ccc1.[W].[W]. The normalized spacial score (nSPS) is 9.41. The monoisotopic (exact) mass is 769 g/mol. The number of nitrogens with one attached hydrogen (secondary N) is 1. The first-order valence-corrected chi connectivity index (χ1v) is 9.12. The van der Waals surface area contributed by atoms with E-state index < -0.39 is 5.91 Å². The van der Waals surface area contributed by atoms with E-state index in [9.17, 15) is 9.59 Å². The third-order valence-corrected chi connectivity index (χ3v) is 3.92. The number of hydrogen-bond acceptors (Lipinski definition) is 5. The zero-order valence-electron chi connectivity index (χ0n) is 17.0. The summed E-state index contributed by atoms with van der Waals surface area (Å²) in [6, 6.07) is 21.4. The van der Waals surface area contributed by atoms with Crippen LogP contribution in [-0.4, -0.2) is 28.5 Å². The van der Waals surface area contributed by atoms with Gasteiger partial charge in [0.15, 0.2) is 11.8 Å². The molecule has 32 heavy (non-hydrogen) atoms. The number of benzene rings is 2. The van der Waals surface area contributed by atoms with Crippen molar-refractivity contribution in [3.63, 3.8) is 0 Å². The summed E-state index contributed by atoms with van der Waals surface area (Å²) in [7, 11) is 0. The summed E-state index contributed by atoms with van der Waals surface area (Å²) in [5, 5.41) is 0. The van der Waals surface area contributed by atoms with Gasteiger partial charge in [-0.15, -0.1) is 0 Å². The van der Waals surface area contributed by atoms with E-state index in [1.807, 2.05) is 18.2 Å². The molecule has 2 aromatic carbocycles. The fraction of sp³-hybridized carbons (Fsp3) is 0.0870. The number of aromatic amines is 1. The molecular weight excluding hydrogens is 750 g/mol. The molecule has 0 aliphatic heterocycles. The van der Waals surface area contributed by atoms with Crippen LogP contribution in [0.1, 0.15) is 27.8 Å². The van der Waals surface area contributed by atoms with E-state index in [2.05, 4.69) is 22.1 Å². The average Bonchev–Trinajstić information content (AvgIpc) is 3.46. The fourth-order valence-electron chi connectivity index (χ4n) is 2.48. The molecule has 2 aromatic heterocycles. The number of hydrogen-bond donors (Lipinski definition) is 2. The van der Waals surface area contributed by atoms with Crippen LogP contribution in [0.25, 0.3) is 22.7 Å². The molecule has 0 fully saturated rings. The second-order valence-corrected chi connectivity index (χ2v) is 6.01. The number of ether oxygens (including phenoxy) is 1. The standard InChI is InChI=1S/C16H13N2O3.C7H6NO.2W/c1-2-20-16(19)13-8-12(9-17-13)14-10-21-15(18-14)11-6-4-3-5-7-11;8-7(9)6-4-2-1-3-5-6;;/h3-4,6-10,17H,2H2,1H3;1-2,4-5H,(H2,8,9);;/q2*-1;;. The first-order valence-electron chi connectivity index (χ1n) is 9.12. The minimum Gasteiger partial charge on any atom is -0.461 e. The summed E-state index contributed by atoms with van der Waals surface area (Å²) in [5.41, 5.74) is 8.12. The summed E-state index contributed by atoms with van der Waals surface area (Å²) in [5.74, 6) is -0.280. The number of carbonyl (C=O) groups is 2. The summed E-state index contributed by atoms with van der Waals surface area (Å²) >= 11 is 0. The summed E-state index contributed by atoms with van der Waals surface area (Å²) in [6.45, 7) is 2.11. The van der Waals surface area contributed by atoms with Gasteiger partial charge in [0.25, 0.3) is 0 Å². The second-order valence-electron chi connectivity index (χ2n) is 6.01. The average molecular weight is 769 g/mol. The third kappa shape index (κ3) is 7.43. The van der Waals surface area contributed by atoms with Gasteiger partial charge in [-0.25, -0.2) is 9.78 Å². The Hall–Kier alpha value is -2.75. The molecule has 1 amide bonds. The molecule has 4 aromatic rings. The Balaban J connectivity index is 0.000000397. The Labute approximate surface area is 214 Å². The van der Waals surface area contributed by atoms with E-state index in [4.69, 9.17) is 14.9 Å². The van der Waals surface area contributed by atoms with Crippen molar-refractivity contribution in [3.05, 3.63) is 90.4 Å². The molecule has 0 atom stereocenters. The predicted octanol–water partition coefficient (Wildman–Crippen LogP) is 3.89. The van der Waals surface area contributed by atoms with E-state index in [0.29, 0.717) is 29.4 Å². The maximum atomic E-state index is 11.6. The molecule has 2 heterocycles. The van der Waals surface area contributed by atoms with Crippen LogP contribution in [0.2, 0.25) is 0 Å². The molecule has 0 saturated carbocycles. The van der Waals surface area contributed by atoms with Crippen LogP contribution >= 0.6 is 0 Å². The van der Waals surface area contributed by atoms with Crippen LogP contribution in [0.4, 0.5) is 0 Å². The van der Waals surface area contributed by atoms with Crippen molar-refractivity contribution in [2.75, 3.05) is 6.61 Å². The van der Waals surface area contributed by atoms with Crippen molar-refractivity contribution in [2.45, 2.75) is 6.92 Å². The Morgan fingerprint density at radius 1 is 1.12 bits per heavy atom. The van der Waals surface area contributed by atoms with E-state index in [1.54, 1.807) is 55.8 Å². The fourth-order valence-corrected chi connectivity index (χ4v) is 2.48. The molecule has 0 aliphatic carbocycles. The molecule has 0 bridgehead atoms. The van der Waals surface area contributed by atoms with Gasteiger partial charge < -0.3 is 19.9 Å². The van der Waals surface area contributed by atoms with Crippen molar-refractivity contribution < 1.29 is 60.9 Å². The van der Waals surface area contributed by atoms with Crippen LogP contribution in [-0.2, 0) is 46.9 Å². The van der Waals surface area contributed by atoms with Crippen LogP contribution < -0.4 is 5.73 Å². The molecule has 164 valence electrons. The molecule has 0 radical (unpaired) electrons. The van der Waals surface area contributed by atoms with Gasteiger partial charge in [-0.2, -0.15) is 60.7 Å². The molecule has 0 spiro atoms. The summed E-state index contributed by atoms with van der Waals surface area (Å²) in [4.78, 5) is 29.3. The first-order chi connectivity index (χ1) is 14.6. The van der Waals surface area contributed by atoms with Crippen LogP contribution in [0.3, 0.4) is 0 Å². The van der Waals surface area contributed by atoms with Crippen molar-refractivity contribution in [1.29, 1.82) is 0 Å². The largest absolute Gasteiger partial charge is 0.461 e. The topological polar surface area (TPSA) is 111 Å². The number of rotatable bonds is 5. The van der Waals surface area contributed by atoms with Gasteiger partial charge in [0.2, 0.25) is 0 Å². The zero-order chi connectivity index (χ0) is 21.3. The van der Waals surface area contributed by atoms with Gasteiger partial charge in [0.05, 0.1) is 6.61 Å². The molecule has 0 aliphatic rings. The number of carbonyl (C=O) groups excluding carboxylic acids is 2. The third-order valence-electron chi connectivity index (χ3n) is 3.92. The maximum Gasteiger partial charge on any atom is 0.354 e. The predicted molar refractivity (Wildman–Crippen MR) is 110 cm³/mol. The van der Waals surface area contributed by atoms with E-state index in [0.717, 1.165) is 11.1 Å². The number of amides is 1. The molecular formula is C23H19N3O4W2-2. The minimum absolute atomic E-state index is 0. The van der Waals surface area contributed by atoms with Gasteiger partial charge in [-0.05, 0) is 13.0 Å². The van der Waals surface area contributed by atoms with Crippen molar-refractivity contribution in [3.8, 4) is 22.7 Å². The number of oxazole rings is 1. The molecule has 4 rings (SSSR count). The second kappa shape index (κ2) is 13.6. The van der Waals surface area contributed by atoms with Gasteiger partial charge in [-0.1, -0.05) is 11.1 Å². The number of nitrogens with zero attached hydrogens (tertiary/aromatic N) is 1. The molecule has 7 nitrogen and oxygen atoms in total. The summed E-state index contributed by atoms with van der Waals surface area (Å²) < 4.78 is 10.4. The molecule has 0 unspecified atom stereocenters. The van der Waals surface area contributed by atoms with Crippen molar-refractivity contribution >= 4 is 11.9 Å². The number of aromatic nitrogens is 2. The zero-order valence-corrected chi connectivity index (χ0v) is 22.9. The Kier molecular flexibility index (Phi) is 11.6. The molecule has 0 saturated heterocycles. The van der Waals surface area contributed by atoms with Crippen LogP contribution in [0.15, 0.2) is 71.5 Å². The number of primary amides is 1. The van der Waals surface area contributed by atoms with Crippen LogP contribution in [0, 0.1) is 12.1 Å². The van der Waals surface area contributed by atoms with E-state index in [-0.39, 0.29) is 48.1 Å². The van der Waals surface area contributed by atoms with E-state index >= 15 is 0 Å². The van der Waals surface area contributed by atoms with Crippen molar-refractivity contribution in [1.82, 2.24) is 9.97 Å². The smallest absolute Gasteiger partial charge is 0.354 e. The van der Waals surface area contributed by atoms with E-state index in [1.165, 1.54) is 0 Å². The number of H-pyrrole nitrogens is 1. The van der Waals surface area contributed by atoms with Gasteiger partial charge in [0.1, 0.15) is 17.7 Å². The first kappa shape index (κ1) is 27.3. The Morgan fingerprint density at radius 2 is 1.84 bits per heavy atom. The van der Waals surface area contributed by atoms with Crippen LogP contribution in [0.5, 0.6) is 0 Å². The Morgan fingerprint density at radius 3 is 2.41 bits per heavy atom.